The van der Waals surface area contributed by atoms with Gasteiger partial charge in [0.1, 0.15) is 0 Å². The fourth-order valence-electron chi connectivity index (χ4n) is 5.75. The van der Waals surface area contributed by atoms with Gasteiger partial charge >= 0.3 is 0 Å². The SMILES string of the molecule is CC1(C)C[C@@H](Cc2ccc3ccc4cccc5ccc2c3c45)[N+]([O-])=C1c1ccccc1. The van der Waals surface area contributed by atoms with Gasteiger partial charge in [-0.3, -0.25) is 0 Å². The molecule has 1 atom stereocenters. The minimum atomic E-state index is -0.141. The lowest BCUT2D eigenvalue weighted by molar-refractivity contribution is -0.491. The molecule has 152 valence electrons. The fourth-order valence-corrected chi connectivity index (χ4v) is 5.75. The van der Waals surface area contributed by atoms with E-state index < -0.39 is 0 Å². The summed E-state index contributed by atoms with van der Waals surface area (Å²) in [5.74, 6) is 0. The zero-order valence-electron chi connectivity index (χ0n) is 17.9. The lowest BCUT2D eigenvalue weighted by atomic mass is 9.80. The highest BCUT2D eigenvalue weighted by Crippen LogP contribution is 2.39. The van der Waals surface area contributed by atoms with Crippen LogP contribution in [0.4, 0.5) is 0 Å². The van der Waals surface area contributed by atoms with Crippen LogP contribution in [-0.2, 0) is 6.42 Å². The molecule has 0 fully saturated rings. The molecule has 0 radical (unpaired) electrons. The zero-order chi connectivity index (χ0) is 21.2. The first-order valence-corrected chi connectivity index (χ1v) is 11.1. The Hall–Kier alpha value is -3.39. The highest BCUT2D eigenvalue weighted by Gasteiger charge is 2.45. The van der Waals surface area contributed by atoms with Crippen molar-refractivity contribution in [3.05, 3.63) is 101 Å². The number of nitrogens with zero attached hydrogens (tertiary/aromatic N) is 1. The quantitative estimate of drug-likeness (QED) is 0.182. The Kier molecular flexibility index (Phi) is 3.89. The fraction of sp³-hybridized carbons (Fsp3) is 0.207. The van der Waals surface area contributed by atoms with E-state index in [1.807, 2.05) is 18.2 Å². The van der Waals surface area contributed by atoms with Crippen LogP contribution < -0.4 is 0 Å². The van der Waals surface area contributed by atoms with Crippen molar-refractivity contribution in [1.29, 1.82) is 0 Å². The lowest BCUT2D eigenvalue weighted by Gasteiger charge is -2.17. The third-order valence-corrected chi connectivity index (χ3v) is 7.06. The third-order valence-electron chi connectivity index (χ3n) is 7.06. The molecule has 1 heterocycles. The largest absolute Gasteiger partial charge is 0.623 e. The average molecular weight is 404 g/mol. The summed E-state index contributed by atoms with van der Waals surface area (Å²) < 4.78 is 1.30. The summed E-state index contributed by atoms with van der Waals surface area (Å²) in [6.45, 7) is 4.40. The Balaban J connectivity index is 1.49. The predicted molar refractivity (Wildman–Crippen MR) is 130 cm³/mol. The third kappa shape index (κ3) is 2.75. The van der Waals surface area contributed by atoms with E-state index in [1.54, 1.807) is 0 Å². The van der Waals surface area contributed by atoms with E-state index in [2.05, 4.69) is 80.6 Å². The lowest BCUT2D eigenvalue weighted by Crippen LogP contribution is -2.24. The van der Waals surface area contributed by atoms with Crippen molar-refractivity contribution in [2.45, 2.75) is 32.7 Å². The maximum atomic E-state index is 13.5. The van der Waals surface area contributed by atoms with Gasteiger partial charge in [-0.2, -0.15) is 0 Å². The summed E-state index contributed by atoms with van der Waals surface area (Å²) >= 11 is 0. The van der Waals surface area contributed by atoms with E-state index in [9.17, 15) is 5.21 Å². The molecule has 0 spiro atoms. The first-order valence-electron chi connectivity index (χ1n) is 11.1. The summed E-state index contributed by atoms with van der Waals surface area (Å²) in [4.78, 5) is 0. The van der Waals surface area contributed by atoms with Crippen molar-refractivity contribution in [2.75, 3.05) is 0 Å². The number of hydrogen-bond acceptors (Lipinski definition) is 1. The molecule has 5 aromatic rings. The van der Waals surface area contributed by atoms with Crippen LogP contribution in [0, 0.1) is 10.6 Å². The number of rotatable bonds is 3. The van der Waals surface area contributed by atoms with Crippen LogP contribution in [0.3, 0.4) is 0 Å². The molecule has 0 N–H and O–H groups in total. The van der Waals surface area contributed by atoms with Gasteiger partial charge in [0.25, 0.3) is 0 Å². The molecule has 2 nitrogen and oxygen atoms in total. The normalized spacial score (nSPS) is 18.6. The maximum absolute atomic E-state index is 13.5. The minimum absolute atomic E-state index is 0.0521. The van der Waals surface area contributed by atoms with Gasteiger partial charge in [-0.25, -0.2) is 4.74 Å². The minimum Gasteiger partial charge on any atom is -0.623 e. The molecular weight excluding hydrogens is 378 g/mol. The summed E-state index contributed by atoms with van der Waals surface area (Å²) in [7, 11) is 0. The number of benzene rings is 5. The molecule has 2 heteroatoms. The molecule has 0 amide bonds. The second kappa shape index (κ2) is 6.55. The van der Waals surface area contributed by atoms with E-state index in [0.717, 1.165) is 24.1 Å². The molecule has 1 aliphatic heterocycles. The van der Waals surface area contributed by atoms with E-state index >= 15 is 0 Å². The van der Waals surface area contributed by atoms with E-state index in [-0.39, 0.29) is 11.5 Å². The summed E-state index contributed by atoms with van der Waals surface area (Å²) in [6.07, 6.45) is 1.63. The number of hydroxylamine groups is 1. The van der Waals surface area contributed by atoms with Gasteiger partial charge in [0.15, 0.2) is 6.04 Å². The smallest absolute Gasteiger partial charge is 0.200 e. The Labute approximate surface area is 182 Å². The second-order valence-electron chi connectivity index (χ2n) is 9.57. The van der Waals surface area contributed by atoms with Crippen LogP contribution in [0.15, 0.2) is 84.9 Å². The molecule has 5 aromatic carbocycles. The maximum Gasteiger partial charge on any atom is 0.200 e. The van der Waals surface area contributed by atoms with Crippen molar-refractivity contribution in [1.82, 2.24) is 0 Å². The first-order chi connectivity index (χ1) is 15.0. The molecule has 0 saturated heterocycles. The molecule has 0 saturated carbocycles. The van der Waals surface area contributed by atoms with Crippen LogP contribution in [0.2, 0.25) is 0 Å². The van der Waals surface area contributed by atoms with Gasteiger partial charge in [-0.1, -0.05) is 72.8 Å². The Morgan fingerprint density at radius 1 is 0.774 bits per heavy atom. The molecule has 0 unspecified atom stereocenters. The molecule has 0 bridgehead atoms. The van der Waals surface area contributed by atoms with Gasteiger partial charge in [0, 0.05) is 18.4 Å². The predicted octanol–water partition coefficient (Wildman–Crippen LogP) is 6.92. The summed E-state index contributed by atoms with van der Waals surface area (Å²) in [6, 6.07) is 29.9. The first kappa shape index (κ1) is 18.4. The summed E-state index contributed by atoms with van der Waals surface area (Å²) in [5, 5.41) is 21.2. The standard InChI is InChI=1S/C29H25NO/c1-29(2)18-24(30(31)28(29)22-7-4-3-5-8-22)17-23-14-13-21-12-11-19-9-6-10-20-15-16-25(23)27(21)26(19)20/h3-16,24H,17-18H2,1-2H3/t24-/m1/s1. The van der Waals surface area contributed by atoms with Gasteiger partial charge < -0.3 is 5.21 Å². The van der Waals surface area contributed by atoms with E-state index in [4.69, 9.17) is 0 Å². The Morgan fingerprint density at radius 2 is 1.42 bits per heavy atom. The summed E-state index contributed by atoms with van der Waals surface area (Å²) in [5.41, 5.74) is 3.08. The Bertz CT molecular complexity index is 1450. The van der Waals surface area contributed by atoms with Crippen LogP contribution in [0.5, 0.6) is 0 Å². The highest BCUT2D eigenvalue weighted by atomic mass is 16.5. The van der Waals surface area contributed by atoms with Crippen molar-refractivity contribution in [3.63, 3.8) is 0 Å². The van der Waals surface area contributed by atoms with Crippen LogP contribution in [0.25, 0.3) is 32.3 Å². The number of hydrogen-bond donors (Lipinski definition) is 0. The second-order valence-corrected chi connectivity index (χ2v) is 9.57. The Morgan fingerprint density at radius 3 is 2.16 bits per heavy atom. The average Bonchev–Trinajstić information content (AvgIpc) is 3.01. The molecule has 0 aromatic heterocycles. The molecule has 0 aliphatic carbocycles. The van der Waals surface area contributed by atoms with Crippen molar-refractivity contribution < 1.29 is 4.74 Å². The van der Waals surface area contributed by atoms with Gasteiger partial charge in [0.2, 0.25) is 5.71 Å². The van der Waals surface area contributed by atoms with Crippen molar-refractivity contribution in [2.24, 2.45) is 5.41 Å². The van der Waals surface area contributed by atoms with Crippen LogP contribution >= 0.6 is 0 Å². The van der Waals surface area contributed by atoms with Gasteiger partial charge in [0.05, 0.1) is 5.41 Å². The van der Waals surface area contributed by atoms with Crippen molar-refractivity contribution >= 4 is 38.0 Å². The molecule has 6 rings (SSSR count). The topological polar surface area (TPSA) is 26.1 Å². The molecule has 1 aliphatic rings. The monoisotopic (exact) mass is 403 g/mol. The molecule has 31 heavy (non-hydrogen) atoms. The van der Waals surface area contributed by atoms with E-state index in [0.29, 0.717) is 0 Å². The van der Waals surface area contributed by atoms with Crippen LogP contribution in [0.1, 0.15) is 31.4 Å². The van der Waals surface area contributed by atoms with Gasteiger partial charge in [-0.05, 0) is 63.9 Å². The highest BCUT2D eigenvalue weighted by molar-refractivity contribution is 6.23. The van der Waals surface area contributed by atoms with Gasteiger partial charge in [-0.15, -0.1) is 0 Å². The van der Waals surface area contributed by atoms with Crippen molar-refractivity contribution in [3.8, 4) is 0 Å². The van der Waals surface area contributed by atoms with Crippen LogP contribution in [-0.4, -0.2) is 16.5 Å². The van der Waals surface area contributed by atoms with E-state index in [1.165, 1.54) is 42.6 Å². The molecular formula is C29H25NO. The zero-order valence-corrected chi connectivity index (χ0v) is 17.9.